The van der Waals surface area contributed by atoms with Crippen LogP contribution in [-0.2, 0) is 19.1 Å². The topological polar surface area (TPSA) is 112 Å². The number of nitrogens with zero attached hydrogens (tertiary/aromatic N) is 3. The number of ether oxygens (including phenoxy) is 2. The number of hydrogen-bond donors (Lipinski definition) is 2. The second-order valence-corrected chi connectivity index (χ2v) is 7.68. The van der Waals surface area contributed by atoms with E-state index < -0.39 is 23.8 Å². The first-order valence-corrected chi connectivity index (χ1v) is 10.5. The molecule has 2 atom stereocenters. The normalized spacial score (nSPS) is 21.5. The number of carbonyl (C=O) groups is 3. The molecule has 2 fully saturated rings. The summed E-state index contributed by atoms with van der Waals surface area (Å²) in [5.74, 6) is -2.23. The van der Waals surface area contributed by atoms with Gasteiger partial charge in [0.15, 0.2) is 0 Å². The highest BCUT2D eigenvalue weighted by Crippen LogP contribution is 2.27. The molecule has 0 saturated carbocycles. The molecule has 170 valence electrons. The summed E-state index contributed by atoms with van der Waals surface area (Å²) >= 11 is 0. The monoisotopic (exact) mass is 434 g/mol. The molecule has 3 amide bonds. The van der Waals surface area contributed by atoms with E-state index in [1.807, 2.05) is 30.3 Å². The van der Waals surface area contributed by atoms with Gasteiger partial charge in [-0.3, -0.25) is 14.8 Å². The number of hydroxylamine groups is 1. The van der Waals surface area contributed by atoms with E-state index in [9.17, 15) is 19.6 Å². The van der Waals surface area contributed by atoms with Gasteiger partial charge in [-0.05, 0) is 18.6 Å². The second kappa shape index (κ2) is 11.0. The van der Waals surface area contributed by atoms with Gasteiger partial charge in [0.25, 0.3) is 0 Å². The van der Waals surface area contributed by atoms with Gasteiger partial charge in [0.05, 0.1) is 18.4 Å². The summed E-state index contributed by atoms with van der Waals surface area (Å²) in [5.41, 5.74) is 2.76. The molecule has 2 aliphatic heterocycles. The van der Waals surface area contributed by atoms with Crippen molar-refractivity contribution < 1.29 is 29.1 Å². The molecule has 0 aliphatic carbocycles. The number of rotatable bonds is 6. The number of hydrogen-bond acceptors (Lipinski definition) is 7. The lowest BCUT2D eigenvalue weighted by Crippen LogP contribution is -2.56. The van der Waals surface area contributed by atoms with Gasteiger partial charge >= 0.3 is 6.09 Å². The Labute approximate surface area is 181 Å². The standard InChI is InChI=1S/C21H30N4O6/c1-30-13-14-31-21(28)25-8-7-17(18(15-25)19(26)22-29)20(27)24-11-9-23(10-12-24)16-5-3-2-4-6-16/h2-6,17-18,29H,7-15H2,1H3,(H,22,26). The highest BCUT2D eigenvalue weighted by molar-refractivity contribution is 5.88. The van der Waals surface area contributed by atoms with Crippen LogP contribution in [0.5, 0.6) is 0 Å². The van der Waals surface area contributed by atoms with Crippen molar-refractivity contribution in [3.8, 4) is 0 Å². The van der Waals surface area contributed by atoms with Gasteiger partial charge in [0.2, 0.25) is 11.8 Å². The summed E-state index contributed by atoms with van der Waals surface area (Å²) in [7, 11) is 1.51. The van der Waals surface area contributed by atoms with Crippen LogP contribution < -0.4 is 10.4 Å². The lowest BCUT2D eigenvalue weighted by Gasteiger charge is -2.41. The number of amides is 3. The molecule has 31 heavy (non-hydrogen) atoms. The van der Waals surface area contributed by atoms with Crippen LogP contribution in [0.25, 0.3) is 0 Å². The smallest absolute Gasteiger partial charge is 0.409 e. The zero-order valence-electron chi connectivity index (χ0n) is 17.7. The van der Waals surface area contributed by atoms with Crippen molar-refractivity contribution in [3.63, 3.8) is 0 Å². The SMILES string of the molecule is COCCOC(=O)N1CCC(C(=O)N2CCN(c3ccccc3)CC2)C(C(=O)NO)C1. The molecule has 0 spiro atoms. The lowest BCUT2D eigenvalue weighted by atomic mass is 9.83. The Balaban J connectivity index is 1.59. The average Bonchev–Trinajstić information content (AvgIpc) is 2.83. The van der Waals surface area contributed by atoms with Crippen LogP contribution in [0.15, 0.2) is 30.3 Å². The van der Waals surface area contributed by atoms with Crippen molar-refractivity contribution >= 4 is 23.6 Å². The molecule has 2 unspecified atom stereocenters. The van der Waals surface area contributed by atoms with Crippen molar-refractivity contribution in [2.45, 2.75) is 6.42 Å². The summed E-state index contributed by atoms with van der Waals surface area (Å²) in [5, 5.41) is 9.17. The van der Waals surface area contributed by atoms with E-state index in [1.54, 1.807) is 10.4 Å². The van der Waals surface area contributed by atoms with E-state index in [0.29, 0.717) is 39.1 Å². The van der Waals surface area contributed by atoms with Crippen LogP contribution in [0, 0.1) is 11.8 Å². The van der Waals surface area contributed by atoms with E-state index in [0.717, 1.165) is 5.69 Å². The van der Waals surface area contributed by atoms with Crippen LogP contribution in [0.3, 0.4) is 0 Å². The van der Waals surface area contributed by atoms with E-state index >= 15 is 0 Å². The third-order valence-electron chi connectivity index (χ3n) is 5.86. The fourth-order valence-electron chi connectivity index (χ4n) is 4.12. The van der Waals surface area contributed by atoms with Crippen molar-refractivity contribution in [1.29, 1.82) is 0 Å². The predicted octanol–water partition coefficient (Wildman–Crippen LogP) is 0.562. The number of para-hydroxylation sites is 1. The second-order valence-electron chi connectivity index (χ2n) is 7.68. The first kappa shape index (κ1) is 22.8. The molecule has 2 N–H and O–H groups in total. The summed E-state index contributed by atoms with van der Waals surface area (Å²) in [6.07, 6.45) is -0.231. The number of nitrogens with one attached hydrogen (secondary N) is 1. The highest BCUT2D eigenvalue weighted by Gasteiger charge is 2.42. The molecular weight excluding hydrogens is 404 g/mol. The number of carbonyl (C=O) groups excluding carboxylic acids is 3. The molecule has 2 aliphatic rings. The third kappa shape index (κ3) is 5.65. The molecule has 1 aromatic rings. The van der Waals surface area contributed by atoms with Crippen LogP contribution in [0.2, 0.25) is 0 Å². The third-order valence-corrected chi connectivity index (χ3v) is 5.86. The summed E-state index contributed by atoms with van der Waals surface area (Å²) in [6, 6.07) is 10.0. The molecule has 2 heterocycles. The molecule has 0 aromatic heterocycles. The average molecular weight is 434 g/mol. The Kier molecular flexibility index (Phi) is 8.07. The summed E-state index contributed by atoms with van der Waals surface area (Å²) < 4.78 is 9.98. The maximum absolute atomic E-state index is 13.2. The Morgan fingerprint density at radius 2 is 1.71 bits per heavy atom. The van der Waals surface area contributed by atoms with E-state index in [2.05, 4.69) is 4.90 Å². The lowest BCUT2D eigenvalue weighted by molar-refractivity contribution is -0.148. The van der Waals surface area contributed by atoms with Gasteiger partial charge in [0, 0.05) is 52.1 Å². The molecule has 3 rings (SSSR count). The number of likely N-dealkylation sites (tertiary alicyclic amines) is 1. The number of piperazine rings is 1. The molecular formula is C21H30N4O6. The Bertz CT molecular complexity index is 753. The van der Waals surface area contributed by atoms with E-state index in [4.69, 9.17) is 9.47 Å². The first-order chi connectivity index (χ1) is 15.0. The van der Waals surface area contributed by atoms with Gasteiger partial charge in [-0.25, -0.2) is 10.3 Å². The maximum atomic E-state index is 13.2. The predicted molar refractivity (Wildman–Crippen MR) is 112 cm³/mol. The summed E-state index contributed by atoms with van der Waals surface area (Å²) in [6.45, 7) is 3.22. The number of anilines is 1. The first-order valence-electron chi connectivity index (χ1n) is 10.5. The maximum Gasteiger partial charge on any atom is 0.409 e. The fourth-order valence-corrected chi connectivity index (χ4v) is 4.12. The molecule has 10 heteroatoms. The zero-order valence-corrected chi connectivity index (χ0v) is 17.7. The van der Waals surface area contributed by atoms with Crippen molar-refractivity contribution in [2.24, 2.45) is 11.8 Å². The number of methoxy groups -OCH3 is 1. The van der Waals surface area contributed by atoms with Gasteiger partial charge in [-0.1, -0.05) is 18.2 Å². The fraction of sp³-hybridized carbons (Fsp3) is 0.571. The van der Waals surface area contributed by atoms with Crippen molar-refractivity contribution in [2.75, 3.05) is 64.5 Å². The zero-order chi connectivity index (χ0) is 22.2. The van der Waals surface area contributed by atoms with Crippen molar-refractivity contribution in [1.82, 2.24) is 15.3 Å². The van der Waals surface area contributed by atoms with E-state index in [1.165, 1.54) is 12.0 Å². The Hall–Kier alpha value is -2.85. The molecule has 1 aromatic carbocycles. The molecule has 0 radical (unpaired) electrons. The Morgan fingerprint density at radius 3 is 2.35 bits per heavy atom. The minimum Gasteiger partial charge on any atom is -0.447 e. The van der Waals surface area contributed by atoms with Crippen LogP contribution in [0.4, 0.5) is 10.5 Å². The van der Waals surface area contributed by atoms with Crippen LogP contribution >= 0.6 is 0 Å². The van der Waals surface area contributed by atoms with Gasteiger partial charge < -0.3 is 24.2 Å². The van der Waals surface area contributed by atoms with Gasteiger partial charge in [-0.15, -0.1) is 0 Å². The molecule has 0 bridgehead atoms. The van der Waals surface area contributed by atoms with Crippen LogP contribution in [-0.4, -0.2) is 92.5 Å². The summed E-state index contributed by atoms with van der Waals surface area (Å²) in [4.78, 5) is 43.1. The van der Waals surface area contributed by atoms with Crippen molar-refractivity contribution in [3.05, 3.63) is 30.3 Å². The molecule has 10 nitrogen and oxygen atoms in total. The number of piperidine rings is 1. The highest BCUT2D eigenvalue weighted by atomic mass is 16.6. The van der Waals surface area contributed by atoms with Gasteiger partial charge in [0.1, 0.15) is 6.61 Å². The van der Waals surface area contributed by atoms with Crippen LogP contribution in [0.1, 0.15) is 6.42 Å². The molecule has 2 saturated heterocycles. The Morgan fingerprint density at radius 1 is 1.00 bits per heavy atom. The minimum atomic E-state index is -0.839. The minimum absolute atomic E-state index is 0.0125. The quantitative estimate of drug-likeness (QED) is 0.382. The van der Waals surface area contributed by atoms with E-state index in [-0.39, 0.29) is 25.7 Å². The van der Waals surface area contributed by atoms with Gasteiger partial charge in [-0.2, -0.15) is 0 Å². The number of benzene rings is 1. The largest absolute Gasteiger partial charge is 0.447 e.